The van der Waals surface area contributed by atoms with Crippen LogP contribution in [0.4, 0.5) is 0 Å². The van der Waals surface area contributed by atoms with Gasteiger partial charge in [-0.2, -0.15) is 0 Å². The summed E-state index contributed by atoms with van der Waals surface area (Å²) in [5.74, 6) is 1.62. The van der Waals surface area contributed by atoms with Crippen LogP contribution >= 0.6 is 11.6 Å². The van der Waals surface area contributed by atoms with Gasteiger partial charge in [0.2, 0.25) is 0 Å². The van der Waals surface area contributed by atoms with E-state index in [1.165, 1.54) is 29.5 Å². The summed E-state index contributed by atoms with van der Waals surface area (Å²) in [7, 11) is 3.99. The van der Waals surface area contributed by atoms with Crippen molar-refractivity contribution in [2.45, 2.75) is 50.2 Å². The number of methoxy groups -OCH3 is 1. The molecule has 1 atom stereocenters. The van der Waals surface area contributed by atoms with E-state index in [0.717, 1.165) is 47.9 Å². The average molecular weight is 462 g/mol. The number of halogens is 1. The van der Waals surface area contributed by atoms with Crippen LogP contribution in [0, 0.1) is 0 Å². The van der Waals surface area contributed by atoms with Crippen molar-refractivity contribution in [3.05, 3.63) is 94.0 Å². The van der Waals surface area contributed by atoms with Crippen LogP contribution in [-0.4, -0.2) is 25.6 Å². The third kappa shape index (κ3) is 4.13. The molecule has 0 amide bonds. The standard InChI is InChI=1S/C29H32ClNO2/c1-31-17-14-22-18-26(32-2)27(33-20-21-10-4-3-5-11-21)19-23(22)28(31)29(15-8-9-16-29)24-12-6-7-13-25(24)30/h3-7,10-13,18-19,28H,8-9,14-17,20H2,1-2H3. The molecule has 1 unspecified atom stereocenters. The minimum Gasteiger partial charge on any atom is -0.493 e. The van der Waals surface area contributed by atoms with E-state index in [-0.39, 0.29) is 11.5 Å². The second kappa shape index (κ2) is 9.40. The number of fused-ring (bicyclic) bond motifs is 1. The molecule has 0 N–H and O–H groups in total. The Morgan fingerprint density at radius 2 is 1.70 bits per heavy atom. The van der Waals surface area contributed by atoms with Crippen LogP contribution in [0.2, 0.25) is 5.02 Å². The predicted molar refractivity (Wildman–Crippen MR) is 134 cm³/mol. The van der Waals surface area contributed by atoms with Gasteiger partial charge in [0.25, 0.3) is 0 Å². The van der Waals surface area contributed by atoms with Crippen LogP contribution in [0.25, 0.3) is 0 Å². The van der Waals surface area contributed by atoms with Crippen LogP contribution in [0.1, 0.15) is 54.0 Å². The highest BCUT2D eigenvalue weighted by Gasteiger charge is 2.48. The molecule has 3 nitrogen and oxygen atoms in total. The smallest absolute Gasteiger partial charge is 0.162 e. The van der Waals surface area contributed by atoms with E-state index >= 15 is 0 Å². The second-order valence-electron chi connectivity index (χ2n) is 9.45. The van der Waals surface area contributed by atoms with Crippen molar-refractivity contribution in [1.82, 2.24) is 4.90 Å². The van der Waals surface area contributed by atoms with Gasteiger partial charge >= 0.3 is 0 Å². The van der Waals surface area contributed by atoms with Crippen LogP contribution in [0.15, 0.2) is 66.7 Å². The molecule has 4 heteroatoms. The van der Waals surface area contributed by atoms with E-state index in [1.807, 2.05) is 30.3 Å². The van der Waals surface area contributed by atoms with Gasteiger partial charge in [-0.15, -0.1) is 0 Å². The Labute approximate surface area is 202 Å². The molecule has 1 heterocycles. The molecule has 1 aliphatic heterocycles. The Hall–Kier alpha value is -2.49. The van der Waals surface area contributed by atoms with Gasteiger partial charge in [-0.05, 0) is 66.8 Å². The number of likely N-dealkylation sites (N-methyl/N-ethyl adjacent to an activating group) is 1. The van der Waals surface area contributed by atoms with Crippen molar-refractivity contribution in [3.8, 4) is 11.5 Å². The highest BCUT2D eigenvalue weighted by Crippen LogP contribution is 2.55. The zero-order chi connectivity index (χ0) is 22.8. The van der Waals surface area contributed by atoms with Gasteiger partial charge in [0.05, 0.1) is 7.11 Å². The monoisotopic (exact) mass is 461 g/mol. The Bertz CT molecular complexity index is 1110. The van der Waals surface area contributed by atoms with Crippen LogP contribution in [0.3, 0.4) is 0 Å². The maximum absolute atomic E-state index is 6.82. The Morgan fingerprint density at radius 3 is 2.42 bits per heavy atom. The van der Waals surface area contributed by atoms with Gasteiger partial charge in [0, 0.05) is 23.0 Å². The fraction of sp³-hybridized carbons (Fsp3) is 0.379. The molecule has 0 saturated heterocycles. The van der Waals surface area contributed by atoms with E-state index in [0.29, 0.717) is 6.61 Å². The lowest BCUT2D eigenvalue weighted by Gasteiger charge is -2.47. The summed E-state index contributed by atoms with van der Waals surface area (Å²) in [6, 6.07) is 23.4. The SMILES string of the molecule is COc1cc2c(cc1OCc1ccccc1)C(C1(c3ccccc3Cl)CCCC1)N(C)CC2. The van der Waals surface area contributed by atoms with Gasteiger partial charge in [-0.3, -0.25) is 4.90 Å². The highest BCUT2D eigenvalue weighted by molar-refractivity contribution is 6.31. The quantitative estimate of drug-likeness (QED) is 0.395. The minimum atomic E-state index is 0.00749. The van der Waals surface area contributed by atoms with Gasteiger partial charge < -0.3 is 9.47 Å². The molecule has 1 aliphatic carbocycles. The number of nitrogens with zero attached hydrogens (tertiary/aromatic N) is 1. The van der Waals surface area contributed by atoms with Gasteiger partial charge in [-0.25, -0.2) is 0 Å². The zero-order valence-electron chi connectivity index (χ0n) is 19.5. The normalized spacial score (nSPS) is 19.8. The van der Waals surface area contributed by atoms with Crippen molar-refractivity contribution in [1.29, 1.82) is 0 Å². The lowest BCUT2D eigenvalue weighted by molar-refractivity contribution is 0.134. The molecule has 1 saturated carbocycles. The first-order valence-electron chi connectivity index (χ1n) is 12.0. The molecule has 33 heavy (non-hydrogen) atoms. The number of benzene rings is 3. The number of hydrogen-bond acceptors (Lipinski definition) is 3. The molecule has 0 bridgehead atoms. The van der Waals surface area contributed by atoms with Crippen molar-refractivity contribution in [3.63, 3.8) is 0 Å². The number of hydrogen-bond donors (Lipinski definition) is 0. The van der Waals surface area contributed by atoms with Crippen molar-refractivity contribution >= 4 is 11.6 Å². The third-order valence-corrected chi connectivity index (χ3v) is 7.89. The molecular weight excluding hydrogens is 430 g/mol. The maximum atomic E-state index is 6.82. The predicted octanol–water partition coefficient (Wildman–Crippen LogP) is 6.97. The molecule has 172 valence electrons. The van der Waals surface area contributed by atoms with E-state index < -0.39 is 0 Å². The molecule has 1 fully saturated rings. The van der Waals surface area contributed by atoms with E-state index in [9.17, 15) is 0 Å². The molecule has 0 spiro atoms. The topological polar surface area (TPSA) is 21.7 Å². The van der Waals surface area contributed by atoms with Crippen molar-refractivity contribution in [2.24, 2.45) is 0 Å². The van der Waals surface area contributed by atoms with E-state index in [2.05, 4.69) is 48.3 Å². The van der Waals surface area contributed by atoms with E-state index in [4.69, 9.17) is 21.1 Å². The van der Waals surface area contributed by atoms with Gasteiger partial charge in [0.15, 0.2) is 11.5 Å². The van der Waals surface area contributed by atoms with Crippen molar-refractivity contribution < 1.29 is 9.47 Å². The fourth-order valence-electron chi connectivity index (χ4n) is 6.04. The molecule has 2 aliphatic rings. The third-order valence-electron chi connectivity index (χ3n) is 7.56. The van der Waals surface area contributed by atoms with Crippen LogP contribution < -0.4 is 9.47 Å². The summed E-state index contributed by atoms with van der Waals surface area (Å²) in [6.07, 6.45) is 5.78. The highest BCUT2D eigenvalue weighted by atomic mass is 35.5. The van der Waals surface area contributed by atoms with E-state index in [1.54, 1.807) is 7.11 Å². The summed E-state index contributed by atoms with van der Waals surface area (Å²) in [6.45, 7) is 1.55. The molecule has 3 aromatic carbocycles. The minimum absolute atomic E-state index is 0.00749. The Morgan fingerprint density at radius 1 is 0.970 bits per heavy atom. The lowest BCUT2D eigenvalue weighted by Crippen LogP contribution is -2.45. The van der Waals surface area contributed by atoms with Crippen LogP contribution in [0.5, 0.6) is 11.5 Å². The summed E-state index contributed by atoms with van der Waals surface area (Å²) in [5, 5.41) is 0.883. The van der Waals surface area contributed by atoms with Crippen molar-refractivity contribution in [2.75, 3.05) is 20.7 Å². The van der Waals surface area contributed by atoms with Gasteiger partial charge in [-0.1, -0.05) is 73.0 Å². The molecule has 5 rings (SSSR count). The maximum Gasteiger partial charge on any atom is 0.162 e. The fourth-order valence-corrected chi connectivity index (χ4v) is 6.36. The Balaban J connectivity index is 1.58. The van der Waals surface area contributed by atoms with Crippen LogP contribution in [-0.2, 0) is 18.4 Å². The molecule has 0 aromatic heterocycles. The summed E-state index contributed by atoms with van der Waals surface area (Å²) in [5.41, 5.74) is 5.16. The average Bonchev–Trinajstić information content (AvgIpc) is 3.33. The summed E-state index contributed by atoms with van der Waals surface area (Å²) in [4.78, 5) is 2.53. The molecular formula is C29H32ClNO2. The largest absolute Gasteiger partial charge is 0.493 e. The lowest BCUT2D eigenvalue weighted by atomic mass is 9.67. The summed E-state index contributed by atoms with van der Waals surface area (Å²) >= 11 is 6.82. The Kier molecular flexibility index (Phi) is 6.36. The number of ether oxygens (including phenoxy) is 2. The number of rotatable bonds is 6. The molecule has 3 aromatic rings. The van der Waals surface area contributed by atoms with Gasteiger partial charge in [0.1, 0.15) is 6.61 Å². The second-order valence-corrected chi connectivity index (χ2v) is 9.86. The first kappa shape index (κ1) is 22.3. The zero-order valence-corrected chi connectivity index (χ0v) is 20.3. The first-order chi connectivity index (χ1) is 16.1. The first-order valence-corrected chi connectivity index (χ1v) is 12.3. The summed E-state index contributed by atoms with van der Waals surface area (Å²) < 4.78 is 12.1. The molecule has 0 radical (unpaired) electrons.